The Kier molecular flexibility index (Phi) is 7.36. The first-order chi connectivity index (χ1) is 15.1. The van der Waals surface area contributed by atoms with Crippen LogP contribution in [0.1, 0.15) is 61.1 Å². The quantitative estimate of drug-likeness (QED) is 0.668. The number of carbonyl (C=O) groups excluding carboxylic acids is 2. The van der Waals surface area contributed by atoms with Gasteiger partial charge in [0.15, 0.2) is 0 Å². The number of carbonyl (C=O) groups is 2. The molecular weight excluding hydrogens is 426 g/mol. The van der Waals surface area contributed by atoms with Gasteiger partial charge in [-0.15, -0.1) is 0 Å². The second kappa shape index (κ2) is 9.83. The van der Waals surface area contributed by atoms with E-state index >= 15 is 0 Å². The normalized spacial score (nSPS) is 16.1. The van der Waals surface area contributed by atoms with Crippen molar-refractivity contribution in [2.45, 2.75) is 44.6 Å². The Balaban J connectivity index is 1.74. The van der Waals surface area contributed by atoms with Gasteiger partial charge in [0.05, 0.1) is 17.5 Å². The lowest BCUT2D eigenvalue weighted by Crippen LogP contribution is -2.49. The minimum atomic E-state index is -3.79. The van der Waals surface area contributed by atoms with Crippen molar-refractivity contribution in [3.05, 3.63) is 65.2 Å². The topological polar surface area (TPSA) is 95.6 Å². The van der Waals surface area contributed by atoms with Gasteiger partial charge in [0.25, 0.3) is 5.91 Å². The fraction of sp³-hybridized carbons (Fsp3) is 0.417. The predicted octanol–water partition coefficient (Wildman–Crippen LogP) is 3.06. The largest absolute Gasteiger partial charge is 0.354 e. The Morgan fingerprint density at radius 2 is 1.56 bits per heavy atom. The summed E-state index contributed by atoms with van der Waals surface area (Å²) in [6.45, 7) is 8.68. The number of benzene rings is 2. The third kappa shape index (κ3) is 5.37. The van der Waals surface area contributed by atoms with E-state index < -0.39 is 10.0 Å². The zero-order valence-electron chi connectivity index (χ0n) is 19.0. The molecule has 2 amide bonds. The maximum absolute atomic E-state index is 12.9. The summed E-state index contributed by atoms with van der Waals surface area (Å²) < 4.78 is 26.7. The zero-order valence-corrected chi connectivity index (χ0v) is 19.8. The van der Waals surface area contributed by atoms with Gasteiger partial charge in [-0.1, -0.05) is 52.0 Å². The Morgan fingerprint density at radius 3 is 2.09 bits per heavy atom. The maximum atomic E-state index is 12.9. The van der Waals surface area contributed by atoms with Crippen LogP contribution in [0.15, 0.2) is 53.4 Å². The highest BCUT2D eigenvalue weighted by Gasteiger charge is 2.29. The smallest absolute Gasteiger partial charge is 0.251 e. The molecule has 1 heterocycles. The molecule has 1 aliphatic heterocycles. The lowest BCUT2D eigenvalue weighted by Gasteiger charge is -2.26. The molecule has 0 saturated carbocycles. The van der Waals surface area contributed by atoms with Gasteiger partial charge in [-0.25, -0.2) is 8.42 Å². The lowest BCUT2D eigenvalue weighted by atomic mass is 9.93. The van der Waals surface area contributed by atoms with E-state index in [2.05, 4.69) is 36.6 Å². The van der Waals surface area contributed by atoms with Crippen LogP contribution in [0.25, 0.3) is 0 Å². The summed E-state index contributed by atoms with van der Waals surface area (Å²) in [6, 6.07) is 13.9. The van der Waals surface area contributed by atoms with Crippen LogP contribution in [-0.2, 0) is 14.8 Å². The van der Waals surface area contributed by atoms with Crippen molar-refractivity contribution in [2.24, 2.45) is 5.92 Å². The minimum Gasteiger partial charge on any atom is -0.354 e. The van der Waals surface area contributed by atoms with Gasteiger partial charge >= 0.3 is 0 Å². The molecule has 7 nitrogen and oxygen atoms in total. The second-order valence-electron chi connectivity index (χ2n) is 8.73. The van der Waals surface area contributed by atoms with Crippen LogP contribution in [-0.4, -0.2) is 44.2 Å². The van der Waals surface area contributed by atoms with Crippen LogP contribution in [0.2, 0.25) is 0 Å². The molecule has 32 heavy (non-hydrogen) atoms. The molecule has 0 aromatic heterocycles. The number of hydrogen-bond donors (Lipinski definition) is 2. The molecule has 2 aromatic carbocycles. The number of amides is 2. The molecule has 1 fully saturated rings. The Labute approximate surface area is 190 Å². The van der Waals surface area contributed by atoms with Gasteiger partial charge in [-0.2, -0.15) is 4.31 Å². The number of rotatable bonds is 7. The summed E-state index contributed by atoms with van der Waals surface area (Å²) in [5, 5.41) is 5.68. The minimum absolute atomic E-state index is 0.0634. The SMILES string of the molecule is CC(C)c1ccc(C(NC(=O)c2ccc(S(=O)(=O)N3CCNC(=O)C3)cc2)C(C)C)cc1. The van der Waals surface area contributed by atoms with Crippen LogP contribution < -0.4 is 10.6 Å². The van der Waals surface area contributed by atoms with Crippen LogP contribution in [0.4, 0.5) is 0 Å². The predicted molar refractivity (Wildman–Crippen MR) is 124 cm³/mol. The number of nitrogens with one attached hydrogen (secondary N) is 2. The fourth-order valence-electron chi connectivity index (χ4n) is 3.70. The van der Waals surface area contributed by atoms with Crippen molar-refractivity contribution >= 4 is 21.8 Å². The molecule has 1 aliphatic rings. The van der Waals surface area contributed by atoms with Crippen LogP contribution >= 0.6 is 0 Å². The van der Waals surface area contributed by atoms with Crippen LogP contribution in [0.3, 0.4) is 0 Å². The van der Waals surface area contributed by atoms with Gasteiger partial charge in [-0.3, -0.25) is 9.59 Å². The first-order valence-corrected chi connectivity index (χ1v) is 12.3. The highest BCUT2D eigenvalue weighted by Crippen LogP contribution is 2.25. The van der Waals surface area contributed by atoms with Crippen molar-refractivity contribution in [3.63, 3.8) is 0 Å². The number of hydrogen-bond acceptors (Lipinski definition) is 4. The lowest BCUT2D eigenvalue weighted by molar-refractivity contribution is -0.122. The van der Waals surface area contributed by atoms with Gasteiger partial charge in [0, 0.05) is 18.7 Å². The molecule has 2 aromatic rings. The molecular formula is C24H31N3O4S. The molecule has 0 radical (unpaired) electrons. The van der Waals surface area contributed by atoms with Crippen molar-refractivity contribution in [2.75, 3.05) is 19.6 Å². The van der Waals surface area contributed by atoms with E-state index in [-0.39, 0.29) is 48.3 Å². The first kappa shape index (κ1) is 23.9. The summed E-state index contributed by atoms with van der Waals surface area (Å²) in [5.41, 5.74) is 2.65. The molecule has 1 unspecified atom stereocenters. The Hall–Kier alpha value is -2.71. The molecule has 3 rings (SSSR count). The number of sulfonamides is 1. The molecule has 1 saturated heterocycles. The fourth-order valence-corrected chi connectivity index (χ4v) is 5.09. The standard InChI is InChI=1S/C24H31N3O4S/c1-16(2)18-5-7-19(8-6-18)23(17(3)4)26-24(29)20-9-11-21(12-10-20)32(30,31)27-14-13-25-22(28)15-27/h5-12,16-17,23H,13-15H2,1-4H3,(H,25,28)(H,26,29). The molecule has 1 atom stereocenters. The number of nitrogens with zero attached hydrogens (tertiary/aromatic N) is 1. The van der Waals surface area contributed by atoms with Crippen LogP contribution in [0.5, 0.6) is 0 Å². The summed E-state index contributed by atoms with van der Waals surface area (Å²) >= 11 is 0. The van der Waals surface area contributed by atoms with E-state index in [1.54, 1.807) is 0 Å². The van der Waals surface area contributed by atoms with Crippen molar-refractivity contribution < 1.29 is 18.0 Å². The molecule has 0 bridgehead atoms. The summed E-state index contributed by atoms with van der Waals surface area (Å²) in [7, 11) is -3.79. The van der Waals surface area contributed by atoms with E-state index in [4.69, 9.17) is 0 Å². The van der Waals surface area contributed by atoms with Gasteiger partial charge in [0.2, 0.25) is 15.9 Å². The highest BCUT2D eigenvalue weighted by atomic mass is 32.2. The molecule has 172 valence electrons. The average Bonchev–Trinajstić information content (AvgIpc) is 2.77. The van der Waals surface area contributed by atoms with E-state index in [9.17, 15) is 18.0 Å². The van der Waals surface area contributed by atoms with E-state index in [1.165, 1.54) is 29.8 Å². The molecule has 8 heteroatoms. The molecule has 2 N–H and O–H groups in total. The van der Waals surface area contributed by atoms with Crippen molar-refractivity contribution in [1.82, 2.24) is 14.9 Å². The summed E-state index contributed by atoms with van der Waals surface area (Å²) in [6.07, 6.45) is 0. The maximum Gasteiger partial charge on any atom is 0.251 e. The van der Waals surface area contributed by atoms with E-state index in [1.807, 2.05) is 26.0 Å². The number of piperazine rings is 1. The second-order valence-corrected chi connectivity index (χ2v) is 10.7. The third-order valence-electron chi connectivity index (χ3n) is 5.67. The molecule has 0 aliphatic carbocycles. The van der Waals surface area contributed by atoms with Gasteiger partial charge < -0.3 is 10.6 Å². The van der Waals surface area contributed by atoms with Crippen LogP contribution in [0, 0.1) is 5.92 Å². The van der Waals surface area contributed by atoms with Crippen molar-refractivity contribution in [3.8, 4) is 0 Å². The summed E-state index contributed by atoms with van der Waals surface area (Å²) in [5.74, 6) is 0.0221. The molecule has 0 spiro atoms. The Bertz CT molecular complexity index is 1060. The average molecular weight is 458 g/mol. The third-order valence-corrected chi connectivity index (χ3v) is 7.53. The monoisotopic (exact) mass is 457 g/mol. The van der Waals surface area contributed by atoms with E-state index in [0.717, 1.165) is 9.87 Å². The highest BCUT2D eigenvalue weighted by molar-refractivity contribution is 7.89. The van der Waals surface area contributed by atoms with Gasteiger partial charge in [0.1, 0.15) is 0 Å². The van der Waals surface area contributed by atoms with Gasteiger partial charge in [-0.05, 0) is 47.2 Å². The van der Waals surface area contributed by atoms with E-state index in [0.29, 0.717) is 11.5 Å². The van der Waals surface area contributed by atoms with Crippen molar-refractivity contribution in [1.29, 1.82) is 0 Å². The Morgan fingerprint density at radius 1 is 0.969 bits per heavy atom. The first-order valence-electron chi connectivity index (χ1n) is 10.9. The summed E-state index contributed by atoms with van der Waals surface area (Å²) in [4.78, 5) is 24.5. The zero-order chi connectivity index (χ0) is 23.5.